The summed E-state index contributed by atoms with van der Waals surface area (Å²) in [6, 6.07) is 13.5. The van der Waals surface area contributed by atoms with Crippen LogP contribution < -0.4 is 10.9 Å². The Labute approximate surface area is 178 Å². The van der Waals surface area contributed by atoms with Crippen LogP contribution in [0.3, 0.4) is 0 Å². The van der Waals surface area contributed by atoms with E-state index in [-0.39, 0.29) is 24.4 Å². The molecule has 9 heteroatoms. The average molecular weight is 471 g/mol. The van der Waals surface area contributed by atoms with Gasteiger partial charge < -0.3 is 15.0 Å². The van der Waals surface area contributed by atoms with E-state index in [0.29, 0.717) is 15.7 Å². The van der Waals surface area contributed by atoms with Gasteiger partial charge in [-0.05, 0) is 18.2 Å². The summed E-state index contributed by atoms with van der Waals surface area (Å²) in [4.78, 5) is 25.4. The van der Waals surface area contributed by atoms with Crippen molar-refractivity contribution in [2.75, 3.05) is 5.32 Å². The molecule has 2 aromatic heterocycles. The maximum absolute atomic E-state index is 13.9. The Morgan fingerprint density at radius 1 is 1.17 bits per heavy atom. The van der Waals surface area contributed by atoms with E-state index in [9.17, 15) is 19.1 Å². The highest BCUT2D eigenvalue weighted by Crippen LogP contribution is 2.24. The second kappa shape index (κ2) is 8.21. The first-order valence-corrected chi connectivity index (χ1v) is 9.79. The third-order valence-electron chi connectivity index (χ3n) is 4.58. The Hall–Kier alpha value is -3.30. The lowest BCUT2D eigenvalue weighted by molar-refractivity contribution is -0.116. The van der Waals surface area contributed by atoms with Gasteiger partial charge in [0.2, 0.25) is 5.91 Å². The number of rotatable bonds is 5. The number of benzene rings is 2. The summed E-state index contributed by atoms with van der Waals surface area (Å²) in [5, 5.41) is 16.8. The molecule has 1 amide bonds. The second-order valence-corrected chi connectivity index (χ2v) is 7.46. The highest BCUT2D eigenvalue weighted by atomic mass is 79.9. The molecule has 0 saturated heterocycles. The number of carbonyl (C=O) groups excluding carboxylic acids is 1. The number of nitrogens with zero attached hydrogens (tertiary/aromatic N) is 3. The summed E-state index contributed by atoms with van der Waals surface area (Å²) < 4.78 is 17.1. The molecule has 0 radical (unpaired) electrons. The van der Waals surface area contributed by atoms with Crippen molar-refractivity contribution in [3.63, 3.8) is 0 Å². The van der Waals surface area contributed by atoms with Gasteiger partial charge in [0.15, 0.2) is 0 Å². The summed E-state index contributed by atoms with van der Waals surface area (Å²) in [6.07, 6.45) is 2.96. The second-order valence-electron chi connectivity index (χ2n) is 6.55. The number of nitrogens with one attached hydrogen (secondary N) is 1. The van der Waals surface area contributed by atoms with Gasteiger partial charge >= 0.3 is 0 Å². The number of amides is 1. The fraction of sp³-hybridized carbons (Fsp3) is 0.0952. The molecule has 0 aliphatic carbocycles. The molecule has 2 N–H and O–H groups in total. The first kappa shape index (κ1) is 20.0. The Bertz CT molecular complexity index is 1300. The van der Waals surface area contributed by atoms with Crippen LogP contribution in [0.25, 0.3) is 16.8 Å². The van der Waals surface area contributed by atoms with Crippen LogP contribution in [-0.2, 0) is 17.9 Å². The van der Waals surface area contributed by atoms with Crippen molar-refractivity contribution in [1.82, 2.24) is 14.2 Å². The van der Waals surface area contributed by atoms with E-state index in [1.165, 1.54) is 33.6 Å². The third kappa shape index (κ3) is 3.77. The van der Waals surface area contributed by atoms with E-state index < -0.39 is 17.3 Å². The Balaban J connectivity index is 1.68. The van der Waals surface area contributed by atoms with Gasteiger partial charge in [0.1, 0.15) is 17.9 Å². The van der Waals surface area contributed by atoms with Crippen LogP contribution in [0.1, 0.15) is 5.56 Å². The molecule has 2 aromatic carbocycles. The number of halogens is 2. The Morgan fingerprint density at radius 3 is 2.63 bits per heavy atom. The summed E-state index contributed by atoms with van der Waals surface area (Å²) >= 11 is 3.15. The van der Waals surface area contributed by atoms with Crippen LogP contribution in [0.5, 0.6) is 0 Å². The molecule has 152 valence electrons. The lowest BCUT2D eigenvalue weighted by atomic mass is 10.1. The molecule has 0 aliphatic rings. The molecule has 0 bridgehead atoms. The van der Waals surface area contributed by atoms with E-state index in [1.807, 2.05) is 30.3 Å². The topological polar surface area (TPSA) is 88.6 Å². The molecule has 0 atom stereocenters. The van der Waals surface area contributed by atoms with Crippen molar-refractivity contribution in [3.8, 4) is 11.3 Å². The van der Waals surface area contributed by atoms with Gasteiger partial charge in [0.25, 0.3) is 5.56 Å². The van der Waals surface area contributed by atoms with Gasteiger partial charge in [-0.15, -0.1) is 0 Å². The molecule has 0 spiro atoms. The number of aliphatic hydroxyl groups is 1. The molecule has 0 unspecified atom stereocenters. The monoisotopic (exact) mass is 470 g/mol. The number of anilines is 1. The van der Waals surface area contributed by atoms with E-state index in [4.69, 9.17) is 0 Å². The maximum Gasteiger partial charge on any atom is 0.277 e. The Kier molecular flexibility index (Phi) is 5.47. The zero-order valence-corrected chi connectivity index (χ0v) is 17.1. The van der Waals surface area contributed by atoms with Gasteiger partial charge in [-0.2, -0.15) is 5.10 Å². The van der Waals surface area contributed by atoms with Gasteiger partial charge in [0, 0.05) is 28.0 Å². The van der Waals surface area contributed by atoms with E-state index in [2.05, 4.69) is 26.3 Å². The van der Waals surface area contributed by atoms with Crippen molar-refractivity contribution in [3.05, 3.63) is 87.1 Å². The summed E-state index contributed by atoms with van der Waals surface area (Å²) in [7, 11) is 0. The van der Waals surface area contributed by atoms with Crippen LogP contribution in [0.2, 0.25) is 0 Å². The SMILES string of the molecule is O=C(Cn1ccn2nc(-c3ccccc3)c(CO)c2c1=O)Nc1ccc(Br)cc1F. The molecule has 0 aliphatic heterocycles. The van der Waals surface area contributed by atoms with Gasteiger partial charge in [0.05, 0.1) is 18.0 Å². The fourth-order valence-electron chi connectivity index (χ4n) is 3.19. The highest BCUT2D eigenvalue weighted by Gasteiger charge is 2.18. The van der Waals surface area contributed by atoms with Crippen LogP contribution in [0.4, 0.5) is 10.1 Å². The molecular weight excluding hydrogens is 455 g/mol. The first-order chi connectivity index (χ1) is 14.5. The van der Waals surface area contributed by atoms with Crippen molar-refractivity contribution in [2.45, 2.75) is 13.2 Å². The summed E-state index contributed by atoms with van der Waals surface area (Å²) in [6.45, 7) is -0.704. The number of hydrogen-bond donors (Lipinski definition) is 2. The minimum absolute atomic E-state index is 0.0177. The molecule has 7 nitrogen and oxygen atoms in total. The largest absolute Gasteiger partial charge is 0.392 e. The predicted molar refractivity (Wildman–Crippen MR) is 114 cm³/mol. The van der Waals surface area contributed by atoms with Crippen molar-refractivity contribution < 1.29 is 14.3 Å². The number of aliphatic hydroxyl groups excluding tert-OH is 1. The van der Waals surface area contributed by atoms with E-state index >= 15 is 0 Å². The zero-order chi connectivity index (χ0) is 21.3. The zero-order valence-electron chi connectivity index (χ0n) is 15.5. The number of fused-ring (bicyclic) bond motifs is 1. The van der Waals surface area contributed by atoms with Gasteiger partial charge in [-0.25, -0.2) is 8.91 Å². The van der Waals surface area contributed by atoms with E-state index in [1.54, 1.807) is 6.07 Å². The normalized spacial score (nSPS) is 11.0. The standard InChI is InChI=1S/C21H16BrFN4O3/c22-14-6-7-17(16(23)10-14)24-18(29)11-26-8-9-27-20(21(26)30)15(12-28)19(25-27)13-4-2-1-3-5-13/h1-10,28H,11-12H2,(H,24,29). The molecule has 4 rings (SSSR count). The van der Waals surface area contributed by atoms with Crippen LogP contribution in [0, 0.1) is 5.82 Å². The van der Waals surface area contributed by atoms with Crippen LogP contribution >= 0.6 is 15.9 Å². The molecular formula is C21H16BrFN4O3. The summed E-state index contributed by atoms with van der Waals surface area (Å²) in [5.74, 6) is -1.15. The van der Waals surface area contributed by atoms with Gasteiger partial charge in [-0.1, -0.05) is 46.3 Å². The van der Waals surface area contributed by atoms with Crippen molar-refractivity contribution >= 4 is 33.0 Å². The Morgan fingerprint density at radius 2 is 1.93 bits per heavy atom. The highest BCUT2D eigenvalue weighted by molar-refractivity contribution is 9.10. The molecule has 30 heavy (non-hydrogen) atoms. The smallest absolute Gasteiger partial charge is 0.277 e. The van der Waals surface area contributed by atoms with Crippen LogP contribution in [0.15, 0.2) is 70.2 Å². The first-order valence-electron chi connectivity index (χ1n) is 9.00. The quantitative estimate of drug-likeness (QED) is 0.468. The predicted octanol–water partition coefficient (Wildman–Crippen LogP) is 3.20. The lowest BCUT2D eigenvalue weighted by Crippen LogP contribution is -2.28. The minimum atomic E-state index is -0.591. The molecule has 2 heterocycles. The van der Waals surface area contributed by atoms with Crippen molar-refractivity contribution in [1.29, 1.82) is 0 Å². The fourth-order valence-corrected chi connectivity index (χ4v) is 3.52. The third-order valence-corrected chi connectivity index (χ3v) is 5.08. The number of hydrogen-bond acceptors (Lipinski definition) is 4. The van der Waals surface area contributed by atoms with Gasteiger partial charge in [-0.3, -0.25) is 9.59 Å². The molecule has 0 fully saturated rings. The number of carbonyl (C=O) groups is 1. The minimum Gasteiger partial charge on any atom is -0.392 e. The average Bonchev–Trinajstić information content (AvgIpc) is 3.12. The van der Waals surface area contributed by atoms with E-state index in [0.717, 1.165) is 5.56 Å². The maximum atomic E-state index is 13.9. The van der Waals surface area contributed by atoms with Crippen molar-refractivity contribution in [2.24, 2.45) is 0 Å². The number of aromatic nitrogens is 3. The molecule has 0 saturated carbocycles. The molecule has 4 aromatic rings. The van der Waals surface area contributed by atoms with Crippen LogP contribution in [-0.4, -0.2) is 25.2 Å². The summed E-state index contributed by atoms with van der Waals surface area (Å²) in [5.41, 5.74) is 1.35. The lowest BCUT2D eigenvalue weighted by Gasteiger charge is -2.09.